The van der Waals surface area contributed by atoms with Gasteiger partial charge in [0.2, 0.25) is 0 Å². The number of aryl methyl sites for hydroxylation is 1. The van der Waals surface area contributed by atoms with Crippen molar-refractivity contribution in [3.8, 4) is 5.75 Å². The van der Waals surface area contributed by atoms with E-state index in [-0.39, 0.29) is 18.8 Å². The molecule has 0 saturated carbocycles. The summed E-state index contributed by atoms with van der Waals surface area (Å²) in [4.78, 5) is 0. The minimum absolute atomic E-state index is 0.220. The number of phenolic OH excluding ortho intramolecular Hbond substituents is 1. The molecule has 1 aromatic carbocycles. The fourth-order valence-electron chi connectivity index (χ4n) is 1.34. The van der Waals surface area contributed by atoms with Gasteiger partial charge in [0, 0.05) is 6.42 Å². The monoisotopic (exact) mass is 196 g/mol. The number of aliphatic hydroxyl groups excluding tert-OH is 2. The van der Waals surface area contributed by atoms with Crippen molar-refractivity contribution in [1.29, 1.82) is 0 Å². The zero-order chi connectivity index (χ0) is 10.7. The number of hydrogen-bond donors (Lipinski definition) is 3. The fraction of sp³-hybridized carbons (Fsp3) is 0.455. The molecule has 0 aliphatic heterocycles. The SMILES string of the molecule is Cc1ccc(CC(O)CO)c(O)c1C. The predicted octanol–water partition coefficient (Wildman–Crippen LogP) is 0.905. The van der Waals surface area contributed by atoms with Gasteiger partial charge in [-0.3, -0.25) is 0 Å². The molecule has 0 radical (unpaired) electrons. The number of aliphatic hydroxyl groups is 2. The molecule has 0 amide bonds. The lowest BCUT2D eigenvalue weighted by Crippen LogP contribution is -2.15. The maximum absolute atomic E-state index is 9.73. The van der Waals surface area contributed by atoms with Crippen molar-refractivity contribution in [2.75, 3.05) is 6.61 Å². The maximum Gasteiger partial charge on any atom is 0.122 e. The summed E-state index contributed by atoms with van der Waals surface area (Å²) < 4.78 is 0. The number of aromatic hydroxyl groups is 1. The molecule has 1 rings (SSSR count). The lowest BCUT2D eigenvalue weighted by atomic mass is 10.0. The lowest BCUT2D eigenvalue weighted by Gasteiger charge is -2.11. The van der Waals surface area contributed by atoms with Crippen molar-refractivity contribution in [2.24, 2.45) is 0 Å². The van der Waals surface area contributed by atoms with Gasteiger partial charge in [-0.15, -0.1) is 0 Å². The summed E-state index contributed by atoms with van der Waals surface area (Å²) in [6.07, 6.45) is -0.522. The van der Waals surface area contributed by atoms with E-state index >= 15 is 0 Å². The predicted molar refractivity (Wildman–Crippen MR) is 54.4 cm³/mol. The molecule has 3 N–H and O–H groups in total. The molecule has 0 aliphatic carbocycles. The minimum Gasteiger partial charge on any atom is -0.507 e. The van der Waals surface area contributed by atoms with Crippen LogP contribution in [0.3, 0.4) is 0 Å². The van der Waals surface area contributed by atoms with E-state index in [0.717, 1.165) is 11.1 Å². The van der Waals surface area contributed by atoms with Crippen LogP contribution in [0.5, 0.6) is 5.75 Å². The molecule has 78 valence electrons. The summed E-state index contributed by atoms with van der Waals surface area (Å²) >= 11 is 0. The number of benzene rings is 1. The number of rotatable bonds is 3. The van der Waals surface area contributed by atoms with Gasteiger partial charge in [-0.2, -0.15) is 0 Å². The average molecular weight is 196 g/mol. The summed E-state index contributed by atoms with van der Waals surface area (Å²) in [5.74, 6) is 0.220. The second-order valence-corrected chi connectivity index (χ2v) is 3.56. The molecule has 1 unspecified atom stereocenters. The first kappa shape index (κ1) is 11.0. The fourth-order valence-corrected chi connectivity index (χ4v) is 1.34. The van der Waals surface area contributed by atoms with Gasteiger partial charge in [0.25, 0.3) is 0 Å². The van der Waals surface area contributed by atoms with E-state index in [0.29, 0.717) is 5.56 Å². The third-order valence-corrected chi connectivity index (χ3v) is 2.45. The summed E-state index contributed by atoms with van der Waals surface area (Å²) in [7, 11) is 0. The first-order valence-corrected chi connectivity index (χ1v) is 4.63. The van der Waals surface area contributed by atoms with Crippen LogP contribution in [0.15, 0.2) is 12.1 Å². The Balaban J connectivity index is 2.94. The van der Waals surface area contributed by atoms with Crippen LogP contribution in [0.2, 0.25) is 0 Å². The molecule has 0 spiro atoms. The van der Waals surface area contributed by atoms with Crippen LogP contribution >= 0.6 is 0 Å². The Hall–Kier alpha value is -1.06. The van der Waals surface area contributed by atoms with Gasteiger partial charge < -0.3 is 15.3 Å². The first-order chi connectivity index (χ1) is 6.56. The Morgan fingerprint density at radius 3 is 2.50 bits per heavy atom. The highest BCUT2D eigenvalue weighted by Crippen LogP contribution is 2.25. The van der Waals surface area contributed by atoms with Crippen molar-refractivity contribution < 1.29 is 15.3 Å². The normalized spacial score (nSPS) is 12.9. The van der Waals surface area contributed by atoms with Gasteiger partial charge in [-0.05, 0) is 30.5 Å². The van der Waals surface area contributed by atoms with Crippen molar-refractivity contribution in [2.45, 2.75) is 26.4 Å². The maximum atomic E-state index is 9.73. The van der Waals surface area contributed by atoms with Crippen LogP contribution in [-0.4, -0.2) is 28.0 Å². The minimum atomic E-state index is -0.803. The van der Waals surface area contributed by atoms with Gasteiger partial charge in [0.15, 0.2) is 0 Å². The lowest BCUT2D eigenvalue weighted by molar-refractivity contribution is 0.0950. The molecular formula is C11H16O3. The summed E-state index contributed by atoms with van der Waals surface area (Å²) in [6, 6.07) is 3.67. The summed E-state index contributed by atoms with van der Waals surface area (Å²) in [5.41, 5.74) is 2.52. The van der Waals surface area contributed by atoms with Crippen LogP contribution < -0.4 is 0 Å². The molecule has 0 bridgehead atoms. The molecule has 3 nitrogen and oxygen atoms in total. The van der Waals surface area contributed by atoms with E-state index < -0.39 is 6.10 Å². The van der Waals surface area contributed by atoms with Crippen LogP contribution in [0.4, 0.5) is 0 Å². The Labute approximate surface area is 83.6 Å². The van der Waals surface area contributed by atoms with Gasteiger partial charge in [0.05, 0.1) is 12.7 Å². The largest absolute Gasteiger partial charge is 0.507 e. The Morgan fingerprint density at radius 2 is 1.93 bits per heavy atom. The Bertz CT molecular complexity index is 321. The van der Waals surface area contributed by atoms with Crippen molar-refractivity contribution >= 4 is 0 Å². The second kappa shape index (κ2) is 4.44. The van der Waals surface area contributed by atoms with E-state index in [4.69, 9.17) is 5.11 Å². The molecule has 0 fully saturated rings. The molecule has 0 aromatic heterocycles. The molecule has 3 heteroatoms. The van der Waals surface area contributed by atoms with Gasteiger partial charge in [0.1, 0.15) is 5.75 Å². The molecule has 1 atom stereocenters. The quantitative estimate of drug-likeness (QED) is 0.673. The molecule has 0 aliphatic rings. The van der Waals surface area contributed by atoms with E-state index in [2.05, 4.69) is 0 Å². The van der Waals surface area contributed by atoms with Crippen molar-refractivity contribution in [3.05, 3.63) is 28.8 Å². The zero-order valence-corrected chi connectivity index (χ0v) is 8.49. The van der Waals surface area contributed by atoms with Crippen molar-refractivity contribution in [1.82, 2.24) is 0 Å². The highest BCUT2D eigenvalue weighted by atomic mass is 16.3. The third kappa shape index (κ3) is 2.25. The molecule has 0 heterocycles. The van der Waals surface area contributed by atoms with E-state index in [1.807, 2.05) is 19.9 Å². The highest BCUT2D eigenvalue weighted by Gasteiger charge is 2.10. The molecule has 0 saturated heterocycles. The summed E-state index contributed by atoms with van der Waals surface area (Å²) in [5, 5.41) is 27.6. The second-order valence-electron chi connectivity index (χ2n) is 3.56. The van der Waals surface area contributed by atoms with Crippen molar-refractivity contribution in [3.63, 3.8) is 0 Å². The van der Waals surface area contributed by atoms with Crippen LogP contribution in [0, 0.1) is 13.8 Å². The van der Waals surface area contributed by atoms with Crippen LogP contribution in [0.1, 0.15) is 16.7 Å². The van der Waals surface area contributed by atoms with E-state index in [1.165, 1.54) is 0 Å². The first-order valence-electron chi connectivity index (χ1n) is 4.63. The van der Waals surface area contributed by atoms with E-state index in [9.17, 15) is 10.2 Å². The van der Waals surface area contributed by atoms with E-state index in [1.54, 1.807) is 6.07 Å². The number of hydrogen-bond acceptors (Lipinski definition) is 3. The third-order valence-electron chi connectivity index (χ3n) is 2.45. The van der Waals surface area contributed by atoms with Crippen LogP contribution in [0.25, 0.3) is 0 Å². The van der Waals surface area contributed by atoms with Gasteiger partial charge in [-0.1, -0.05) is 12.1 Å². The molecular weight excluding hydrogens is 180 g/mol. The highest BCUT2D eigenvalue weighted by molar-refractivity contribution is 5.44. The smallest absolute Gasteiger partial charge is 0.122 e. The summed E-state index contributed by atoms with van der Waals surface area (Å²) in [6.45, 7) is 3.47. The Morgan fingerprint density at radius 1 is 1.29 bits per heavy atom. The standard InChI is InChI=1S/C11H16O3/c1-7-3-4-9(5-10(13)6-12)11(14)8(7)2/h3-4,10,12-14H,5-6H2,1-2H3. The number of phenols is 1. The Kier molecular flexibility index (Phi) is 3.49. The zero-order valence-electron chi connectivity index (χ0n) is 8.49. The van der Waals surface area contributed by atoms with Crippen LogP contribution in [-0.2, 0) is 6.42 Å². The topological polar surface area (TPSA) is 60.7 Å². The van der Waals surface area contributed by atoms with Gasteiger partial charge in [-0.25, -0.2) is 0 Å². The van der Waals surface area contributed by atoms with Gasteiger partial charge >= 0.3 is 0 Å². The molecule has 14 heavy (non-hydrogen) atoms. The average Bonchev–Trinajstić information content (AvgIpc) is 2.19. The molecule has 1 aromatic rings.